The van der Waals surface area contributed by atoms with Crippen LogP contribution in [0.5, 0.6) is 0 Å². The van der Waals surface area contributed by atoms with Crippen molar-refractivity contribution in [3.05, 3.63) is 29.3 Å². The van der Waals surface area contributed by atoms with Gasteiger partial charge in [-0.1, -0.05) is 6.07 Å². The lowest BCUT2D eigenvalue weighted by Gasteiger charge is -2.24. The van der Waals surface area contributed by atoms with Gasteiger partial charge in [0, 0.05) is 12.4 Å². The molecule has 0 saturated carbocycles. The number of nitrogens with zero attached hydrogens (tertiary/aromatic N) is 2. The van der Waals surface area contributed by atoms with Gasteiger partial charge >= 0.3 is 0 Å². The second kappa shape index (κ2) is 8.26. The van der Waals surface area contributed by atoms with Crippen LogP contribution in [0.4, 0.5) is 5.69 Å². The van der Waals surface area contributed by atoms with Crippen molar-refractivity contribution >= 4 is 27.3 Å². The highest BCUT2D eigenvalue weighted by Gasteiger charge is 2.22. The number of halogens is 1. The minimum absolute atomic E-state index is 0.0537. The zero-order chi connectivity index (χ0) is 15.9. The maximum atomic E-state index is 12.5. The van der Waals surface area contributed by atoms with E-state index in [9.17, 15) is 8.42 Å². The van der Waals surface area contributed by atoms with Gasteiger partial charge in [-0.2, -0.15) is 5.26 Å². The van der Waals surface area contributed by atoms with E-state index in [-0.39, 0.29) is 18.7 Å². The zero-order valence-electron chi connectivity index (χ0n) is 12.5. The number of alkyl halides is 1. The molecule has 4 nitrogen and oxygen atoms in total. The molecule has 0 aliphatic rings. The Morgan fingerprint density at radius 1 is 1.19 bits per heavy atom. The van der Waals surface area contributed by atoms with Crippen molar-refractivity contribution in [1.82, 2.24) is 0 Å². The van der Waals surface area contributed by atoms with E-state index in [1.54, 1.807) is 0 Å². The molecule has 1 rings (SSSR count). The summed E-state index contributed by atoms with van der Waals surface area (Å²) in [5.74, 6) is 0.509. The van der Waals surface area contributed by atoms with Crippen molar-refractivity contribution < 1.29 is 8.42 Å². The van der Waals surface area contributed by atoms with Gasteiger partial charge < -0.3 is 0 Å². The van der Waals surface area contributed by atoms with Gasteiger partial charge in [0.05, 0.1) is 23.9 Å². The summed E-state index contributed by atoms with van der Waals surface area (Å²) < 4.78 is 26.4. The van der Waals surface area contributed by atoms with Crippen molar-refractivity contribution in [1.29, 1.82) is 5.26 Å². The highest BCUT2D eigenvalue weighted by molar-refractivity contribution is 7.92. The van der Waals surface area contributed by atoms with Gasteiger partial charge in [-0.15, -0.1) is 11.6 Å². The molecule has 0 N–H and O–H groups in total. The van der Waals surface area contributed by atoms with Crippen LogP contribution in [0.15, 0.2) is 18.2 Å². The standard InChI is InChI=1S/C15H21ClN2O2S/c1-13-10-14(2)12-15(11-13)18(8-5-7-17)21(19,20)9-4-3-6-16/h10-12H,3-6,8-9H2,1-2H3. The molecule has 0 spiro atoms. The first kappa shape index (κ1) is 17.8. The molecule has 0 unspecified atom stereocenters. The summed E-state index contributed by atoms with van der Waals surface area (Å²) in [5.41, 5.74) is 2.64. The minimum Gasteiger partial charge on any atom is -0.269 e. The van der Waals surface area contributed by atoms with Crippen LogP contribution < -0.4 is 4.31 Å². The second-order valence-corrected chi connectivity index (χ2v) is 7.43. The van der Waals surface area contributed by atoms with Gasteiger partial charge in [0.15, 0.2) is 0 Å². The van der Waals surface area contributed by atoms with E-state index in [2.05, 4.69) is 0 Å². The summed E-state index contributed by atoms with van der Waals surface area (Å²) in [6, 6.07) is 7.68. The summed E-state index contributed by atoms with van der Waals surface area (Å²) in [6.45, 7) is 4.04. The monoisotopic (exact) mass is 328 g/mol. The quantitative estimate of drug-likeness (QED) is 0.543. The predicted molar refractivity (Wildman–Crippen MR) is 87.2 cm³/mol. The third-order valence-corrected chi connectivity index (χ3v) is 5.18. The van der Waals surface area contributed by atoms with Gasteiger partial charge in [-0.25, -0.2) is 8.42 Å². The first-order valence-corrected chi connectivity index (χ1v) is 9.06. The summed E-state index contributed by atoms with van der Waals surface area (Å²) in [7, 11) is -3.43. The Morgan fingerprint density at radius 3 is 2.33 bits per heavy atom. The first-order valence-electron chi connectivity index (χ1n) is 6.92. The lowest BCUT2D eigenvalue weighted by atomic mass is 10.1. The van der Waals surface area contributed by atoms with Crippen molar-refractivity contribution in [2.75, 3.05) is 22.5 Å². The highest BCUT2D eigenvalue weighted by atomic mass is 35.5. The van der Waals surface area contributed by atoms with E-state index in [4.69, 9.17) is 16.9 Å². The van der Waals surface area contributed by atoms with Crippen LogP contribution >= 0.6 is 11.6 Å². The van der Waals surface area contributed by atoms with Crippen molar-refractivity contribution in [2.24, 2.45) is 0 Å². The number of benzene rings is 1. The molecule has 0 heterocycles. The molecule has 0 bridgehead atoms. The van der Waals surface area contributed by atoms with Gasteiger partial charge in [-0.05, 0) is 49.9 Å². The largest absolute Gasteiger partial charge is 0.269 e. The lowest BCUT2D eigenvalue weighted by molar-refractivity contribution is 0.587. The third kappa shape index (κ3) is 5.56. The fourth-order valence-electron chi connectivity index (χ4n) is 2.16. The zero-order valence-corrected chi connectivity index (χ0v) is 14.0. The van der Waals surface area contributed by atoms with Crippen LogP contribution in [0.1, 0.15) is 30.4 Å². The number of unbranched alkanes of at least 4 members (excludes halogenated alkanes) is 1. The van der Waals surface area contributed by atoms with Gasteiger partial charge in [-0.3, -0.25) is 4.31 Å². The summed E-state index contributed by atoms with van der Waals surface area (Å²) in [5, 5.41) is 8.76. The Labute approximate surface area is 132 Å². The van der Waals surface area contributed by atoms with Crippen molar-refractivity contribution in [3.8, 4) is 6.07 Å². The lowest BCUT2D eigenvalue weighted by Crippen LogP contribution is -2.34. The molecule has 0 aliphatic carbocycles. The van der Waals surface area contributed by atoms with E-state index < -0.39 is 10.0 Å². The fraction of sp³-hybridized carbons (Fsp3) is 0.533. The summed E-state index contributed by atoms with van der Waals surface area (Å²) >= 11 is 5.60. The number of sulfonamides is 1. The van der Waals surface area contributed by atoms with Gasteiger partial charge in [0.25, 0.3) is 0 Å². The fourth-order valence-corrected chi connectivity index (χ4v) is 3.94. The number of anilines is 1. The molecule has 0 atom stereocenters. The Bertz CT molecular complexity index is 588. The Kier molecular flexibility index (Phi) is 7.00. The molecule has 116 valence electrons. The molecule has 6 heteroatoms. The molecule has 0 aliphatic heterocycles. The Morgan fingerprint density at radius 2 is 1.81 bits per heavy atom. The molecular weight excluding hydrogens is 308 g/mol. The molecular formula is C15H21ClN2O2S. The Hall–Kier alpha value is -1.25. The maximum absolute atomic E-state index is 12.5. The minimum atomic E-state index is -3.43. The van der Waals surface area contributed by atoms with Gasteiger partial charge in [0.1, 0.15) is 0 Å². The molecule has 0 radical (unpaired) electrons. The summed E-state index contributed by atoms with van der Waals surface area (Å²) in [4.78, 5) is 0. The van der Waals surface area contributed by atoms with Crippen molar-refractivity contribution in [2.45, 2.75) is 33.1 Å². The van der Waals surface area contributed by atoms with E-state index >= 15 is 0 Å². The molecule has 21 heavy (non-hydrogen) atoms. The third-order valence-electron chi connectivity index (χ3n) is 3.04. The van der Waals surface area contributed by atoms with Crippen LogP contribution in [0, 0.1) is 25.2 Å². The number of nitriles is 1. The SMILES string of the molecule is Cc1cc(C)cc(N(CCC#N)S(=O)(=O)CCCCCl)c1. The molecule has 1 aromatic rings. The van der Waals surface area contributed by atoms with Crippen LogP contribution in [0.2, 0.25) is 0 Å². The van der Waals surface area contributed by atoms with Crippen LogP contribution in [-0.4, -0.2) is 26.6 Å². The second-order valence-electron chi connectivity index (χ2n) is 5.04. The Balaban J connectivity index is 3.07. The highest BCUT2D eigenvalue weighted by Crippen LogP contribution is 2.23. The topological polar surface area (TPSA) is 61.2 Å². The number of rotatable bonds is 8. The maximum Gasteiger partial charge on any atom is 0.235 e. The van der Waals surface area contributed by atoms with E-state index in [0.29, 0.717) is 24.4 Å². The van der Waals surface area contributed by atoms with Gasteiger partial charge in [0.2, 0.25) is 10.0 Å². The molecule has 1 aromatic carbocycles. The first-order chi connectivity index (χ1) is 9.90. The number of hydrogen-bond donors (Lipinski definition) is 0. The molecule has 0 amide bonds. The average molecular weight is 329 g/mol. The summed E-state index contributed by atoms with van der Waals surface area (Å²) in [6.07, 6.45) is 1.36. The van der Waals surface area contributed by atoms with E-state index in [1.165, 1.54) is 4.31 Å². The smallest absolute Gasteiger partial charge is 0.235 e. The van der Waals surface area contributed by atoms with E-state index in [1.807, 2.05) is 38.1 Å². The van der Waals surface area contributed by atoms with Crippen molar-refractivity contribution in [3.63, 3.8) is 0 Å². The van der Waals surface area contributed by atoms with Crippen LogP contribution in [0.3, 0.4) is 0 Å². The average Bonchev–Trinajstić information content (AvgIpc) is 2.38. The number of hydrogen-bond acceptors (Lipinski definition) is 3. The number of aryl methyl sites for hydroxylation is 2. The molecule has 0 fully saturated rings. The van der Waals surface area contributed by atoms with Crippen LogP contribution in [0.25, 0.3) is 0 Å². The molecule has 0 saturated heterocycles. The normalized spacial score (nSPS) is 11.1. The predicted octanol–water partition coefficient (Wildman–Crippen LogP) is 3.37. The van der Waals surface area contributed by atoms with Crippen LogP contribution in [-0.2, 0) is 10.0 Å². The molecule has 0 aromatic heterocycles. The van der Waals surface area contributed by atoms with E-state index in [0.717, 1.165) is 11.1 Å².